The number of piperidine rings is 1. The van der Waals surface area contributed by atoms with Crippen molar-refractivity contribution in [2.45, 2.75) is 19.8 Å². The van der Waals surface area contributed by atoms with Crippen molar-refractivity contribution in [2.75, 3.05) is 18.4 Å². The largest absolute Gasteiger partial charge is 0.324 e. The fourth-order valence-corrected chi connectivity index (χ4v) is 2.80. The Bertz CT molecular complexity index is 589. The summed E-state index contributed by atoms with van der Waals surface area (Å²) >= 11 is 0. The number of urea groups is 1. The van der Waals surface area contributed by atoms with Gasteiger partial charge >= 0.3 is 6.03 Å². The van der Waals surface area contributed by atoms with Crippen LogP contribution in [0.5, 0.6) is 0 Å². The molecule has 1 unspecified atom stereocenters. The Morgan fingerprint density at radius 1 is 1.19 bits per heavy atom. The zero-order valence-corrected chi connectivity index (χ0v) is 12.3. The molecule has 1 fully saturated rings. The first-order chi connectivity index (χ1) is 10.2. The van der Waals surface area contributed by atoms with Gasteiger partial charge in [0, 0.05) is 36.9 Å². The molecule has 2 heterocycles. The number of nitrogens with one attached hydrogen (secondary N) is 1. The van der Waals surface area contributed by atoms with Crippen LogP contribution in [0.25, 0.3) is 5.69 Å². The third-order valence-corrected chi connectivity index (χ3v) is 3.97. The highest BCUT2D eigenvalue weighted by molar-refractivity contribution is 5.89. The van der Waals surface area contributed by atoms with Gasteiger partial charge in [0.15, 0.2) is 0 Å². The van der Waals surface area contributed by atoms with Crippen molar-refractivity contribution in [3.63, 3.8) is 0 Å². The summed E-state index contributed by atoms with van der Waals surface area (Å²) in [4.78, 5) is 14.1. The van der Waals surface area contributed by atoms with E-state index in [1.54, 1.807) is 0 Å². The Morgan fingerprint density at radius 2 is 1.90 bits per heavy atom. The summed E-state index contributed by atoms with van der Waals surface area (Å²) in [6.07, 6.45) is 6.32. The van der Waals surface area contributed by atoms with Gasteiger partial charge in [0.05, 0.1) is 0 Å². The third-order valence-electron chi connectivity index (χ3n) is 3.97. The molecule has 110 valence electrons. The van der Waals surface area contributed by atoms with E-state index in [9.17, 15) is 4.79 Å². The van der Waals surface area contributed by atoms with E-state index in [1.807, 2.05) is 58.3 Å². The van der Waals surface area contributed by atoms with Crippen molar-refractivity contribution < 1.29 is 4.79 Å². The molecular formula is C17H21N3O. The maximum atomic E-state index is 12.2. The fraction of sp³-hybridized carbons (Fsp3) is 0.353. The van der Waals surface area contributed by atoms with Crippen molar-refractivity contribution in [2.24, 2.45) is 5.92 Å². The van der Waals surface area contributed by atoms with E-state index < -0.39 is 0 Å². The normalized spacial score (nSPS) is 18.5. The quantitative estimate of drug-likeness (QED) is 0.895. The van der Waals surface area contributed by atoms with E-state index in [0.717, 1.165) is 30.9 Å². The number of carbonyl (C=O) groups is 1. The number of nitrogens with zero attached hydrogens (tertiary/aromatic N) is 2. The summed E-state index contributed by atoms with van der Waals surface area (Å²) in [5.41, 5.74) is 1.93. The van der Waals surface area contributed by atoms with Crippen LogP contribution >= 0.6 is 0 Å². The predicted molar refractivity (Wildman–Crippen MR) is 84.8 cm³/mol. The van der Waals surface area contributed by atoms with Gasteiger partial charge < -0.3 is 14.8 Å². The summed E-state index contributed by atoms with van der Waals surface area (Å²) in [5.74, 6) is 0.598. The Morgan fingerprint density at radius 3 is 2.57 bits per heavy atom. The van der Waals surface area contributed by atoms with Crippen LogP contribution in [0.1, 0.15) is 19.8 Å². The molecule has 1 aromatic carbocycles. The van der Waals surface area contributed by atoms with Crippen molar-refractivity contribution in [3.8, 4) is 5.69 Å². The molecule has 2 aromatic rings. The number of anilines is 1. The van der Waals surface area contributed by atoms with E-state index in [0.29, 0.717) is 5.92 Å². The molecule has 0 saturated carbocycles. The van der Waals surface area contributed by atoms with Gasteiger partial charge in [-0.15, -0.1) is 0 Å². The molecule has 1 aromatic heterocycles. The van der Waals surface area contributed by atoms with Crippen LogP contribution < -0.4 is 5.32 Å². The standard InChI is InChI=1S/C17H21N3O/c1-14-5-4-12-20(13-14)17(21)18-15-6-8-16(9-7-15)19-10-2-3-11-19/h2-3,6-11,14H,4-5,12-13H2,1H3,(H,18,21). The van der Waals surface area contributed by atoms with Gasteiger partial charge in [0.25, 0.3) is 0 Å². The monoisotopic (exact) mass is 283 g/mol. The first-order valence-electron chi connectivity index (χ1n) is 7.52. The number of carbonyl (C=O) groups excluding carboxylic acids is 1. The molecule has 3 rings (SSSR count). The Balaban J connectivity index is 1.63. The van der Waals surface area contributed by atoms with Crippen LogP contribution in [-0.2, 0) is 0 Å². The summed E-state index contributed by atoms with van der Waals surface area (Å²) < 4.78 is 2.04. The molecular weight excluding hydrogens is 262 g/mol. The number of benzene rings is 1. The molecule has 0 aliphatic carbocycles. The number of hydrogen-bond donors (Lipinski definition) is 1. The van der Waals surface area contributed by atoms with Gasteiger partial charge in [-0.2, -0.15) is 0 Å². The summed E-state index contributed by atoms with van der Waals surface area (Å²) in [7, 11) is 0. The van der Waals surface area contributed by atoms with Crippen LogP contribution in [0.15, 0.2) is 48.8 Å². The Labute approximate surface area is 125 Å². The van der Waals surface area contributed by atoms with Crippen LogP contribution in [0.2, 0.25) is 0 Å². The van der Waals surface area contributed by atoms with Gasteiger partial charge in [0.1, 0.15) is 0 Å². The minimum atomic E-state index is 0.00950. The molecule has 1 aliphatic heterocycles. The van der Waals surface area contributed by atoms with E-state index in [1.165, 1.54) is 6.42 Å². The molecule has 4 heteroatoms. The van der Waals surface area contributed by atoms with Gasteiger partial charge in [0.2, 0.25) is 0 Å². The van der Waals surface area contributed by atoms with Gasteiger partial charge in [-0.25, -0.2) is 4.79 Å². The maximum Gasteiger partial charge on any atom is 0.321 e. The highest BCUT2D eigenvalue weighted by atomic mass is 16.2. The van der Waals surface area contributed by atoms with Crippen molar-refractivity contribution in [1.29, 1.82) is 0 Å². The van der Waals surface area contributed by atoms with E-state index in [2.05, 4.69) is 12.2 Å². The summed E-state index contributed by atoms with van der Waals surface area (Å²) in [6, 6.07) is 11.9. The minimum Gasteiger partial charge on any atom is -0.324 e. The summed E-state index contributed by atoms with van der Waals surface area (Å²) in [6.45, 7) is 3.91. The molecule has 1 aliphatic rings. The SMILES string of the molecule is CC1CCCN(C(=O)Nc2ccc(-n3cccc3)cc2)C1. The Hall–Kier alpha value is -2.23. The zero-order chi connectivity index (χ0) is 14.7. The lowest BCUT2D eigenvalue weighted by Crippen LogP contribution is -2.41. The minimum absolute atomic E-state index is 0.00950. The molecule has 1 atom stereocenters. The van der Waals surface area contributed by atoms with Crippen molar-refractivity contribution in [1.82, 2.24) is 9.47 Å². The average Bonchev–Trinajstić information content (AvgIpc) is 3.02. The Kier molecular flexibility index (Phi) is 3.95. The first kappa shape index (κ1) is 13.7. The van der Waals surface area contributed by atoms with Crippen LogP contribution in [0.3, 0.4) is 0 Å². The van der Waals surface area contributed by atoms with Gasteiger partial charge in [-0.1, -0.05) is 6.92 Å². The van der Waals surface area contributed by atoms with Crippen LogP contribution in [-0.4, -0.2) is 28.6 Å². The van der Waals surface area contributed by atoms with Crippen LogP contribution in [0, 0.1) is 5.92 Å². The lowest BCUT2D eigenvalue weighted by atomic mass is 10.0. The van der Waals surface area contributed by atoms with E-state index >= 15 is 0 Å². The molecule has 0 spiro atoms. The molecule has 4 nitrogen and oxygen atoms in total. The molecule has 2 amide bonds. The number of likely N-dealkylation sites (tertiary alicyclic amines) is 1. The van der Waals surface area contributed by atoms with Gasteiger partial charge in [-0.05, 0) is 55.2 Å². The molecule has 0 bridgehead atoms. The number of rotatable bonds is 2. The number of hydrogen-bond acceptors (Lipinski definition) is 1. The number of amides is 2. The van der Waals surface area contributed by atoms with Gasteiger partial charge in [-0.3, -0.25) is 0 Å². The lowest BCUT2D eigenvalue weighted by molar-refractivity contribution is 0.182. The first-order valence-corrected chi connectivity index (χ1v) is 7.52. The van der Waals surface area contributed by atoms with Crippen LogP contribution in [0.4, 0.5) is 10.5 Å². The highest BCUT2D eigenvalue weighted by Crippen LogP contribution is 2.18. The molecule has 1 saturated heterocycles. The van der Waals surface area contributed by atoms with E-state index in [4.69, 9.17) is 0 Å². The van der Waals surface area contributed by atoms with E-state index in [-0.39, 0.29) is 6.03 Å². The number of aromatic nitrogens is 1. The second kappa shape index (κ2) is 6.04. The maximum absolute atomic E-state index is 12.2. The third kappa shape index (κ3) is 3.27. The zero-order valence-electron chi connectivity index (χ0n) is 12.3. The molecule has 21 heavy (non-hydrogen) atoms. The molecule has 0 radical (unpaired) electrons. The average molecular weight is 283 g/mol. The second-order valence-electron chi connectivity index (χ2n) is 5.76. The molecule has 1 N–H and O–H groups in total. The predicted octanol–water partition coefficient (Wildman–Crippen LogP) is 3.74. The summed E-state index contributed by atoms with van der Waals surface area (Å²) in [5, 5.41) is 2.98. The smallest absolute Gasteiger partial charge is 0.321 e. The topological polar surface area (TPSA) is 37.3 Å². The lowest BCUT2D eigenvalue weighted by Gasteiger charge is -2.30. The highest BCUT2D eigenvalue weighted by Gasteiger charge is 2.20. The second-order valence-corrected chi connectivity index (χ2v) is 5.76. The fourth-order valence-electron chi connectivity index (χ4n) is 2.80. The van der Waals surface area contributed by atoms with Crippen molar-refractivity contribution in [3.05, 3.63) is 48.8 Å². The van der Waals surface area contributed by atoms with Crippen molar-refractivity contribution >= 4 is 11.7 Å².